The average molecular weight is 220 g/mol. The summed E-state index contributed by atoms with van der Waals surface area (Å²) in [6, 6.07) is 0. The number of halogens is 5. The molecule has 0 aliphatic carbocycles. The van der Waals surface area contributed by atoms with Crippen LogP contribution in [0.4, 0.5) is 22.0 Å². The molecule has 0 bridgehead atoms. The fourth-order valence-electron chi connectivity index (χ4n) is 1.04. The summed E-state index contributed by atoms with van der Waals surface area (Å²) >= 11 is 0. The smallest absolute Gasteiger partial charge is 0.376 e. The highest BCUT2D eigenvalue weighted by atomic mass is 19.4. The number of hydrogen-bond acceptors (Lipinski definition) is 1. The maximum atomic E-state index is 12.6. The summed E-state index contributed by atoms with van der Waals surface area (Å²) in [7, 11) is 0. The highest BCUT2D eigenvalue weighted by Crippen LogP contribution is 2.44. The molecule has 0 saturated carbocycles. The molecule has 0 fully saturated rings. The predicted octanol–water partition coefficient (Wildman–Crippen LogP) is 3.13. The second kappa shape index (κ2) is 4.00. The van der Waals surface area contributed by atoms with Crippen LogP contribution in [0.5, 0.6) is 0 Å². The molecular weight excluding hydrogens is 207 g/mol. The fraction of sp³-hybridized carbons (Fsp3) is 1.00. The Kier molecular flexibility index (Phi) is 3.89. The molecular formula is C8H13F5O. The second-order valence-corrected chi connectivity index (χ2v) is 3.35. The van der Waals surface area contributed by atoms with Crippen molar-refractivity contribution in [2.75, 3.05) is 0 Å². The molecule has 1 N–H and O–H groups in total. The van der Waals surface area contributed by atoms with Crippen LogP contribution in [-0.2, 0) is 0 Å². The van der Waals surface area contributed by atoms with E-state index < -0.39 is 24.1 Å². The topological polar surface area (TPSA) is 20.2 Å². The largest absolute Gasteiger partial charge is 0.423 e. The Morgan fingerprint density at radius 3 is 1.71 bits per heavy atom. The van der Waals surface area contributed by atoms with Gasteiger partial charge in [-0.2, -0.15) is 13.2 Å². The highest BCUT2D eigenvalue weighted by Gasteiger charge is 2.65. The van der Waals surface area contributed by atoms with E-state index in [4.69, 9.17) is 5.11 Å². The summed E-state index contributed by atoms with van der Waals surface area (Å²) in [5, 5.41) is 8.94. The monoisotopic (exact) mass is 220 g/mol. The first-order valence-electron chi connectivity index (χ1n) is 4.23. The van der Waals surface area contributed by atoms with Crippen LogP contribution >= 0.6 is 0 Å². The van der Waals surface area contributed by atoms with E-state index in [9.17, 15) is 22.0 Å². The Balaban J connectivity index is 4.87. The number of aliphatic hydroxyl groups is 1. The van der Waals surface area contributed by atoms with Gasteiger partial charge in [0.25, 0.3) is 5.92 Å². The van der Waals surface area contributed by atoms with E-state index in [1.54, 1.807) is 6.92 Å². The van der Waals surface area contributed by atoms with Gasteiger partial charge in [-0.25, -0.2) is 8.78 Å². The standard InChI is InChI=1S/C8H13F5O/c1-3-4-5-7(14,6(2,9)10)8(11,12)13/h14H,3-5H2,1-2H3. The molecule has 0 heterocycles. The molecule has 0 aromatic heterocycles. The predicted molar refractivity (Wildman–Crippen MR) is 41.2 cm³/mol. The van der Waals surface area contributed by atoms with E-state index in [2.05, 4.69) is 0 Å². The normalized spacial score (nSPS) is 18.0. The van der Waals surface area contributed by atoms with Crippen LogP contribution in [0.3, 0.4) is 0 Å². The minimum Gasteiger partial charge on any atom is -0.376 e. The molecule has 0 aliphatic heterocycles. The summed E-state index contributed by atoms with van der Waals surface area (Å²) in [5.41, 5.74) is -3.91. The van der Waals surface area contributed by atoms with Crippen molar-refractivity contribution < 1.29 is 27.1 Å². The third kappa shape index (κ3) is 2.56. The maximum absolute atomic E-state index is 12.6. The van der Waals surface area contributed by atoms with E-state index in [-0.39, 0.29) is 13.3 Å². The molecule has 0 aromatic carbocycles. The van der Waals surface area contributed by atoms with Gasteiger partial charge >= 0.3 is 6.18 Å². The van der Waals surface area contributed by atoms with Crippen LogP contribution in [0.1, 0.15) is 33.1 Å². The molecule has 1 nitrogen and oxygen atoms in total. The van der Waals surface area contributed by atoms with Crippen molar-refractivity contribution in [3.63, 3.8) is 0 Å². The van der Waals surface area contributed by atoms with E-state index in [0.717, 1.165) is 0 Å². The van der Waals surface area contributed by atoms with Gasteiger partial charge in [-0.05, 0) is 6.42 Å². The van der Waals surface area contributed by atoms with Crippen molar-refractivity contribution in [2.45, 2.75) is 50.8 Å². The molecule has 0 amide bonds. The molecule has 0 saturated heterocycles. The van der Waals surface area contributed by atoms with Crippen molar-refractivity contribution in [1.29, 1.82) is 0 Å². The first kappa shape index (κ1) is 13.6. The summed E-state index contributed by atoms with van der Waals surface area (Å²) in [4.78, 5) is 0. The van der Waals surface area contributed by atoms with E-state index in [0.29, 0.717) is 6.42 Å². The van der Waals surface area contributed by atoms with Crippen molar-refractivity contribution in [2.24, 2.45) is 0 Å². The lowest BCUT2D eigenvalue weighted by Gasteiger charge is -2.35. The van der Waals surface area contributed by atoms with Gasteiger partial charge in [0.05, 0.1) is 0 Å². The quantitative estimate of drug-likeness (QED) is 0.721. The van der Waals surface area contributed by atoms with Gasteiger partial charge in [0.1, 0.15) is 0 Å². The first-order chi connectivity index (χ1) is 6.06. The molecule has 86 valence electrons. The highest BCUT2D eigenvalue weighted by molar-refractivity contribution is 4.96. The summed E-state index contributed by atoms with van der Waals surface area (Å²) in [5.74, 6) is -4.18. The molecule has 0 aromatic rings. The number of hydrogen-bond donors (Lipinski definition) is 1. The zero-order valence-electron chi connectivity index (χ0n) is 7.96. The molecule has 0 aliphatic rings. The fourth-order valence-corrected chi connectivity index (χ4v) is 1.04. The van der Waals surface area contributed by atoms with Crippen molar-refractivity contribution in [3.8, 4) is 0 Å². The summed E-state index contributed by atoms with van der Waals surface area (Å²) < 4.78 is 61.8. The molecule has 0 rings (SSSR count). The van der Waals surface area contributed by atoms with Gasteiger partial charge in [0, 0.05) is 6.92 Å². The second-order valence-electron chi connectivity index (χ2n) is 3.35. The zero-order valence-corrected chi connectivity index (χ0v) is 7.96. The minimum atomic E-state index is -5.31. The number of unbranched alkanes of at least 4 members (excludes halogenated alkanes) is 1. The third-order valence-electron chi connectivity index (χ3n) is 2.09. The van der Waals surface area contributed by atoms with Gasteiger partial charge in [0.15, 0.2) is 0 Å². The van der Waals surface area contributed by atoms with Crippen LogP contribution in [0, 0.1) is 0 Å². The molecule has 14 heavy (non-hydrogen) atoms. The van der Waals surface area contributed by atoms with Crippen LogP contribution in [0.2, 0.25) is 0 Å². The van der Waals surface area contributed by atoms with Crippen LogP contribution in [0.15, 0.2) is 0 Å². The Bertz CT molecular complexity index is 167. The zero-order chi connectivity index (χ0) is 11.6. The van der Waals surface area contributed by atoms with Gasteiger partial charge in [-0.3, -0.25) is 0 Å². The van der Waals surface area contributed by atoms with Crippen molar-refractivity contribution in [1.82, 2.24) is 0 Å². The Morgan fingerprint density at radius 1 is 1.07 bits per heavy atom. The summed E-state index contributed by atoms with van der Waals surface area (Å²) in [6.07, 6.45) is -6.06. The lowest BCUT2D eigenvalue weighted by atomic mass is 9.90. The molecule has 1 unspecified atom stereocenters. The van der Waals surface area contributed by atoms with Crippen molar-refractivity contribution in [3.05, 3.63) is 0 Å². The maximum Gasteiger partial charge on any atom is 0.423 e. The van der Waals surface area contributed by atoms with Gasteiger partial charge < -0.3 is 5.11 Å². The van der Waals surface area contributed by atoms with Gasteiger partial charge in [0.2, 0.25) is 5.60 Å². The third-order valence-corrected chi connectivity index (χ3v) is 2.09. The molecule has 0 spiro atoms. The lowest BCUT2D eigenvalue weighted by molar-refractivity contribution is -0.329. The van der Waals surface area contributed by atoms with Crippen LogP contribution in [0.25, 0.3) is 0 Å². The van der Waals surface area contributed by atoms with E-state index in [1.807, 2.05) is 0 Å². The van der Waals surface area contributed by atoms with E-state index >= 15 is 0 Å². The molecule has 0 radical (unpaired) electrons. The molecule has 6 heteroatoms. The Morgan fingerprint density at radius 2 is 1.50 bits per heavy atom. The van der Waals surface area contributed by atoms with Crippen molar-refractivity contribution >= 4 is 0 Å². The van der Waals surface area contributed by atoms with Gasteiger partial charge in [-0.1, -0.05) is 19.8 Å². The SMILES string of the molecule is CCCCC(O)(C(C)(F)F)C(F)(F)F. The summed E-state index contributed by atoms with van der Waals surface area (Å²) in [6.45, 7) is 1.64. The lowest BCUT2D eigenvalue weighted by Crippen LogP contribution is -2.57. The van der Waals surface area contributed by atoms with Crippen LogP contribution in [-0.4, -0.2) is 22.8 Å². The van der Waals surface area contributed by atoms with Crippen LogP contribution < -0.4 is 0 Å². The number of rotatable bonds is 4. The first-order valence-corrected chi connectivity index (χ1v) is 4.23. The Hall–Kier alpha value is -0.390. The minimum absolute atomic E-state index is 0.0795. The molecule has 1 atom stereocenters. The Labute approximate surface area is 78.9 Å². The van der Waals surface area contributed by atoms with Gasteiger partial charge in [-0.15, -0.1) is 0 Å². The van der Waals surface area contributed by atoms with E-state index in [1.165, 1.54) is 0 Å². The number of alkyl halides is 5. The average Bonchev–Trinajstić information content (AvgIpc) is 1.95.